The average molecular weight is 290 g/mol. The lowest BCUT2D eigenvalue weighted by Crippen LogP contribution is -2.27. The van der Waals surface area contributed by atoms with Gasteiger partial charge in [0.05, 0.1) is 6.10 Å². The van der Waals surface area contributed by atoms with Crippen LogP contribution in [0, 0.1) is 12.8 Å². The predicted octanol–water partition coefficient (Wildman–Crippen LogP) is 2.68. The highest BCUT2D eigenvalue weighted by molar-refractivity contribution is 9.10. The van der Waals surface area contributed by atoms with Crippen molar-refractivity contribution in [2.24, 2.45) is 5.92 Å². The Labute approximate surface area is 103 Å². The number of nitrogens with one attached hydrogen (secondary N) is 1. The van der Waals surface area contributed by atoms with Crippen molar-refractivity contribution < 1.29 is 5.11 Å². The molecule has 0 amide bonds. The Kier molecular flexibility index (Phi) is 3.83. The van der Waals surface area contributed by atoms with Gasteiger partial charge in [-0.25, -0.2) is 0 Å². The normalized spacial score (nSPS) is 18.1. The van der Waals surface area contributed by atoms with E-state index in [1.165, 1.54) is 27.1 Å². The van der Waals surface area contributed by atoms with E-state index in [9.17, 15) is 5.11 Å². The fourth-order valence-corrected chi connectivity index (χ4v) is 3.17. The van der Waals surface area contributed by atoms with Crippen LogP contribution >= 0.6 is 27.3 Å². The summed E-state index contributed by atoms with van der Waals surface area (Å²) in [6.45, 7) is 3.69. The first-order valence-electron chi connectivity index (χ1n) is 5.30. The first-order valence-corrected chi connectivity index (χ1v) is 6.91. The number of thiophene rings is 1. The fraction of sp³-hybridized carbons (Fsp3) is 0.636. The smallest absolute Gasteiger partial charge is 0.0692 e. The molecule has 0 saturated heterocycles. The Morgan fingerprint density at radius 2 is 2.40 bits per heavy atom. The molecule has 1 heterocycles. The number of hydrogen-bond acceptors (Lipinski definition) is 3. The second-order valence-electron chi connectivity index (χ2n) is 4.15. The minimum Gasteiger partial charge on any atom is -0.392 e. The van der Waals surface area contributed by atoms with E-state index >= 15 is 0 Å². The van der Waals surface area contributed by atoms with E-state index in [2.05, 4.69) is 34.2 Å². The van der Waals surface area contributed by atoms with Crippen LogP contribution in [0.15, 0.2) is 10.5 Å². The SMILES string of the molecule is Cc1sc(CNCC(O)C2CC2)cc1Br. The monoisotopic (exact) mass is 289 g/mol. The highest BCUT2D eigenvalue weighted by atomic mass is 79.9. The van der Waals surface area contributed by atoms with E-state index in [4.69, 9.17) is 0 Å². The van der Waals surface area contributed by atoms with Crippen LogP contribution < -0.4 is 5.32 Å². The zero-order chi connectivity index (χ0) is 10.8. The van der Waals surface area contributed by atoms with Crippen molar-refractivity contribution in [2.45, 2.75) is 32.4 Å². The minimum absolute atomic E-state index is 0.144. The van der Waals surface area contributed by atoms with Crippen LogP contribution in [-0.2, 0) is 6.54 Å². The van der Waals surface area contributed by atoms with Crippen molar-refractivity contribution in [3.05, 3.63) is 20.3 Å². The van der Waals surface area contributed by atoms with Crippen molar-refractivity contribution in [1.82, 2.24) is 5.32 Å². The highest BCUT2D eigenvalue weighted by Crippen LogP contribution is 2.32. The van der Waals surface area contributed by atoms with Crippen LogP contribution in [0.1, 0.15) is 22.6 Å². The van der Waals surface area contributed by atoms with Gasteiger partial charge in [0.15, 0.2) is 0 Å². The molecule has 0 spiro atoms. The molecule has 2 nitrogen and oxygen atoms in total. The Balaban J connectivity index is 1.73. The van der Waals surface area contributed by atoms with Gasteiger partial charge in [-0.05, 0) is 47.7 Å². The first-order chi connectivity index (χ1) is 7.16. The quantitative estimate of drug-likeness (QED) is 0.874. The van der Waals surface area contributed by atoms with Crippen molar-refractivity contribution in [1.29, 1.82) is 0 Å². The van der Waals surface area contributed by atoms with Gasteiger partial charge in [-0.15, -0.1) is 11.3 Å². The van der Waals surface area contributed by atoms with E-state index < -0.39 is 0 Å². The third-order valence-electron chi connectivity index (χ3n) is 2.73. The van der Waals surface area contributed by atoms with Crippen LogP contribution in [0.25, 0.3) is 0 Å². The summed E-state index contributed by atoms with van der Waals surface area (Å²) in [6.07, 6.45) is 2.26. The predicted molar refractivity (Wildman–Crippen MR) is 67.2 cm³/mol. The maximum Gasteiger partial charge on any atom is 0.0692 e. The molecular formula is C11H16BrNOS. The summed E-state index contributed by atoms with van der Waals surface area (Å²) in [5, 5.41) is 13.0. The lowest BCUT2D eigenvalue weighted by molar-refractivity contribution is 0.148. The standard InChI is InChI=1S/C11H16BrNOS/c1-7-10(12)4-9(15-7)5-13-6-11(14)8-2-3-8/h4,8,11,13-14H,2-3,5-6H2,1H3. The van der Waals surface area contributed by atoms with Gasteiger partial charge in [0.2, 0.25) is 0 Å². The van der Waals surface area contributed by atoms with E-state index in [1.807, 2.05) is 0 Å². The molecule has 1 fully saturated rings. The molecule has 0 aromatic carbocycles. The van der Waals surface area contributed by atoms with Crippen molar-refractivity contribution >= 4 is 27.3 Å². The molecule has 1 saturated carbocycles. The molecule has 1 aromatic rings. The molecule has 4 heteroatoms. The van der Waals surface area contributed by atoms with Crippen molar-refractivity contribution in [3.63, 3.8) is 0 Å². The molecule has 0 aliphatic heterocycles. The number of rotatable bonds is 5. The zero-order valence-corrected chi connectivity index (χ0v) is 11.2. The molecule has 2 N–H and O–H groups in total. The van der Waals surface area contributed by atoms with Crippen molar-refractivity contribution in [3.8, 4) is 0 Å². The van der Waals surface area contributed by atoms with Crippen LogP contribution in [0.5, 0.6) is 0 Å². The van der Waals surface area contributed by atoms with Gasteiger partial charge in [-0.3, -0.25) is 0 Å². The third-order valence-corrected chi connectivity index (χ3v) is 4.86. The van der Waals surface area contributed by atoms with E-state index in [0.717, 1.165) is 13.1 Å². The molecule has 1 unspecified atom stereocenters. The first kappa shape index (κ1) is 11.6. The summed E-state index contributed by atoms with van der Waals surface area (Å²) >= 11 is 5.30. The summed E-state index contributed by atoms with van der Waals surface area (Å²) in [4.78, 5) is 2.64. The molecule has 1 atom stereocenters. The lowest BCUT2D eigenvalue weighted by atomic mass is 10.2. The molecule has 0 radical (unpaired) electrons. The number of aliphatic hydroxyl groups is 1. The van der Waals surface area contributed by atoms with Gasteiger partial charge >= 0.3 is 0 Å². The maximum atomic E-state index is 9.66. The lowest BCUT2D eigenvalue weighted by Gasteiger charge is -2.09. The number of halogens is 1. The second kappa shape index (κ2) is 4.95. The van der Waals surface area contributed by atoms with Gasteiger partial charge in [0, 0.05) is 27.3 Å². The van der Waals surface area contributed by atoms with E-state index in [-0.39, 0.29) is 6.10 Å². The van der Waals surface area contributed by atoms with Gasteiger partial charge in [0.25, 0.3) is 0 Å². The molecular weight excluding hydrogens is 274 g/mol. The topological polar surface area (TPSA) is 32.3 Å². The Morgan fingerprint density at radius 3 is 2.93 bits per heavy atom. The molecule has 1 aromatic heterocycles. The highest BCUT2D eigenvalue weighted by Gasteiger charge is 2.29. The summed E-state index contributed by atoms with van der Waals surface area (Å²) in [7, 11) is 0. The Morgan fingerprint density at radius 1 is 1.67 bits per heavy atom. The Bertz CT molecular complexity index is 316. The number of aliphatic hydroxyl groups excluding tert-OH is 1. The zero-order valence-electron chi connectivity index (χ0n) is 8.79. The third kappa shape index (κ3) is 3.28. The largest absolute Gasteiger partial charge is 0.392 e. The van der Waals surface area contributed by atoms with E-state index in [0.29, 0.717) is 5.92 Å². The van der Waals surface area contributed by atoms with Gasteiger partial charge in [-0.1, -0.05) is 0 Å². The molecule has 1 aliphatic carbocycles. The van der Waals surface area contributed by atoms with Gasteiger partial charge < -0.3 is 10.4 Å². The van der Waals surface area contributed by atoms with Crippen LogP contribution in [0.2, 0.25) is 0 Å². The average Bonchev–Trinajstić information content (AvgIpc) is 2.96. The van der Waals surface area contributed by atoms with Crippen LogP contribution in [0.3, 0.4) is 0 Å². The molecule has 1 aliphatic rings. The summed E-state index contributed by atoms with van der Waals surface area (Å²) in [5.41, 5.74) is 0. The van der Waals surface area contributed by atoms with Gasteiger partial charge in [-0.2, -0.15) is 0 Å². The molecule has 0 bridgehead atoms. The number of aryl methyl sites for hydroxylation is 1. The summed E-state index contributed by atoms with van der Waals surface area (Å²) in [5.74, 6) is 0.564. The minimum atomic E-state index is -0.144. The van der Waals surface area contributed by atoms with Gasteiger partial charge in [0.1, 0.15) is 0 Å². The maximum absolute atomic E-state index is 9.66. The molecule has 84 valence electrons. The van der Waals surface area contributed by atoms with Crippen LogP contribution in [-0.4, -0.2) is 17.8 Å². The Hall–Kier alpha value is 0.100. The number of hydrogen-bond donors (Lipinski definition) is 2. The summed E-state index contributed by atoms with van der Waals surface area (Å²) in [6, 6.07) is 2.15. The molecule has 15 heavy (non-hydrogen) atoms. The fourth-order valence-electron chi connectivity index (χ4n) is 1.60. The van der Waals surface area contributed by atoms with Crippen molar-refractivity contribution in [2.75, 3.05) is 6.54 Å². The molecule has 2 rings (SSSR count). The van der Waals surface area contributed by atoms with Crippen LogP contribution in [0.4, 0.5) is 0 Å². The summed E-state index contributed by atoms with van der Waals surface area (Å²) < 4.78 is 1.19. The van der Waals surface area contributed by atoms with E-state index in [1.54, 1.807) is 11.3 Å². The second-order valence-corrected chi connectivity index (χ2v) is 6.35.